The largest absolute Gasteiger partial charge is 0.326 e. The molecule has 0 aliphatic carbocycles. The molecule has 132 valence electrons. The zero-order valence-electron chi connectivity index (χ0n) is 13.8. The number of carbonyl (C=O) groups excluding carboxylic acids is 2. The molecule has 25 heavy (non-hydrogen) atoms. The monoisotopic (exact) mass is 366 g/mol. The molecule has 0 fully saturated rings. The molecule has 0 aliphatic heterocycles. The first-order chi connectivity index (χ1) is 11.8. The van der Waals surface area contributed by atoms with E-state index in [1.807, 2.05) is 0 Å². The minimum absolute atomic E-state index is 0.0384. The van der Waals surface area contributed by atoms with Gasteiger partial charge in [0.15, 0.2) is 0 Å². The number of halogens is 3. The number of carbonyl (C=O) groups is 2. The normalized spacial score (nSPS) is 10.4. The van der Waals surface area contributed by atoms with Gasteiger partial charge in [-0.25, -0.2) is 8.78 Å². The summed E-state index contributed by atoms with van der Waals surface area (Å²) in [6.07, 6.45) is -0.0532. The zero-order valence-corrected chi connectivity index (χ0v) is 14.5. The van der Waals surface area contributed by atoms with Gasteiger partial charge in [0.25, 0.3) is 0 Å². The fourth-order valence-corrected chi connectivity index (χ4v) is 2.49. The minimum atomic E-state index is -0.860. The van der Waals surface area contributed by atoms with E-state index in [9.17, 15) is 18.4 Å². The summed E-state index contributed by atoms with van der Waals surface area (Å²) in [5.41, 5.74) is 1.23. The highest BCUT2D eigenvalue weighted by atomic mass is 35.5. The number of anilines is 2. The van der Waals surface area contributed by atoms with E-state index in [2.05, 4.69) is 5.32 Å². The van der Waals surface area contributed by atoms with E-state index in [1.165, 1.54) is 13.0 Å². The molecule has 0 heterocycles. The van der Waals surface area contributed by atoms with Crippen molar-refractivity contribution in [2.24, 2.45) is 0 Å². The van der Waals surface area contributed by atoms with Crippen molar-refractivity contribution in [2.45, 2.75) is 20.3 Å². The second-order valence-electron chi connectivity index (χ2n) is 5.48. The Morgan fingerprint density at radius 1 is 1.20 bits per heavy atom. The second-order valence-corrected chi connectivity index (χ2v) is 5.88. The summed E-state index contributed by atoms with van der Waals surface area (Å²) in [7, 11) is 0. The summed E-state index contributed by atoms with van der Waals surface area (Å²) in [5.74, 6) is -2.39. The van der Waals surface area contributed by atoms with Crippen molar-refractivity contribution < 1.29 is 18.4 Å². The van der Waals surface area contributed by atoms with Crippen LogP contribution < -0.4 is 10.2 Å². The Kier molecular flexibility index (Phi) is 6.09. The predicted octanol–water partition coefficient (Wildman–Crippen LogP) is 4.31. The molecule has 2 aromatic rings. The first-order valence-electron chi connectivity index (χ1n) is 7.57. The predicted molar refractivity (Wildman–Crippen MR) is 93.8 cm³/mol. The van der Waals surface area contributed by atoms with Gasteiger partial charge in [-0.05, 0) is 36.8 Å². The number of hydrogen-bond acceptors (Lipinski definition) is 2. The zero-order chi connectivity index (χ0) is 18.6. The van der Waals surface area contributed by atoms with Crippen LogP contribution in [0.3, 0.4) is 0 Å². The maximum Gasteiger partial charge on any atom is 0.226 e. The Bertz CT molecular complexity index is 812. The standard InChI is InChI=1S/C18H17ClF2N2O2/c1-11-14(19)4-3-5-16(11)22-18(25)8-9-23(12(2)24)17-7-6-13(20)10-15(17)21/h3-7,10H,8-9H2,1-2H3,(H,22,25). The third kappa shape index (κ3) is 4.76. The van der Waals surface area contributed by atoms with Crippen LogP contribution in [0.2, 0.25) is 5.02 Å². The summed E-state index contributed by atoms with van der Waals surface area (Å²) < 4.78 is 26.9. The molecule has 1 N–H and O–H groups in total. The van der Waals surface area contributed by atoms with Gasteiger partial charge >= 0.3 is 0 Å². The van der Waals surface area contributed by atoms with Crippen LogP contribution in [0, 0.1) is 18.6 Å². The highest BCUT2D eigenvalue weighted by molar-refractivity contribution is 6.31. The van der Waals surface area contributed by atoms with Crippen molar-refractivity contribution in [1.29, 1.82) is 0 Å². The lowest BCUT2D eigenvalue weighted by atomic mass is 10.2. The molecule has 0 saturated carbocycles. The molecule has 2 aromatic carbocycles. The number of amides is 2. The molecular formula is C18H17ClF2N2O2. The summed E-state index contributed by atoms with van der Waals surface area (Å²) in [6, 6.07) is 8.05. The Balaban J connectivity index is 2.07. The lowest BCUT2D eigenvalue weighted by Gasteiger charge is -2.21. The van der Waals surface area contributed by atoms with Gasteiger partial charge in [0.05, 0.1) is 5.69 Å². The molecule has 0 bridgehead atoms. The Labute approximate surface area is 149 Å². The van der Waals surface area contributed by atoms with Gasteiger partial charge in [0, 0.05) is 36.7 Å². The van der Waals surface area contributed by atoms with Gasteiger partial charge in [0.2, 0.25) is 11.8 Å². The molecule has 0 saturated heterocycles. The average Bonchev–Trinajstić information content (AvgIpc) is 2.53. The molecule has 0 aliphatic rings. The summed E-state index contributed by atoms with van der Waals surface area (Å²) in [4.78, 5) is 25.0. The van der Waals surface area contributed by atoms with Crippen LogP contribution in [0.4, 0.5) is 20.2 Å². The Hall–Kier alpha value is -2.47. The Morgan fingerprint density at radius 2 is 1.92 bits per heavy atom. The molecule has 2 rings (SSSR count). The molecule has 0 atom stereocenters. The van der Waals surface area contributed by atoms with Gasteiger partial charge in [-0.2, -0.15) is 0 Å². The molecular weight excluding hydrogens is 350 g/mol. The fourth-order valence-electron chi connectivity index (χ4n) is 2.32. The summed E-state index contributed by atoms with van der Waals surface area (Å²) >= 11 is 6.00. The van der Waals surface area contributed by atoms with E-state index in [0.717, 1.165) is 16.5 Å². The van der Waals surface area contributed by atoms with Crippen LogP contribution in [0.5, 0.6) is 0 Å². The summed E-state index contributed by atoms with van der Waals surface area (Å²) in [5, 5.41) is 3.23. The van der Waals surface area contributed by atoms with Crippen LogP contribution in [0.25, 0.3) is 0 Å². The van der Waals surface area contributed by atoms with Crippen molar-refractivity contribution in [3.63, 3.8) is 0 Å². The van der Waals surface area contributed by atoms with E-state index < -0.39 is 17.5 Å². The smallest absolute Gasteiger partial charge is 0.226 e. The number of nitrogens with one attached hydrogen (secondary N) is 1. The lowest BCUT2D eigenvalue weighted by molar-refractivity contribution is -0.117. The van der Waals surface area contributed by atoms with E-state index in [-0.39, 0.29) is 24.6 Å². The topological polar surface area (TPSA) is 49.4 Å². The van der Waals surface area contributed by atoms with Crippen LogP contribution >= 0.6 is 11.6 Å². The van der Waals surface area contributed by atoms with Gasteiger partial charge in [-0.1, -0.05) is 17.7 Å². The van der Waals surface area contributed by atoms with Gasteiger partial charge in [0.1, 0.15) is 11.6 Å². The van der Waals surface area contributed by atoms with Crippen molar-refractivity contribution in [3.05, 3.63) is 58.6 Å². The fraction of sp³-hybridized carbons (Fsp3) is 0.222. The third-order valence-electron chi connectivity index (χ3n) is 3.68. The quantitative estimate of drug-likeness (QED) is 0.857. The van der Waals surface area contributed by atoms with Gasteiger partial charge in [-0.3, -0.25) is 9.59 Å². The van der Waals surface area contributed by atoms with Crippen LogP contribution in [0.1, 0.15) is 18.9 Å². The van der Waals surface area contributed by atoms with Crippen LogP contribution in [0.15, 0.2) is 36.4 Å². The highest BCUT2D eigenvalue weighted by Gasteiger charge is 2.18. The third-order valence-corrected chi connectivity index (χ3v) is 4.09. The molecule has 0 unspecified atom stereocenters. The first kappa shape index (κ1) is 18.9. The maximum absolute atomic E-state index is 13.9. The van der Waals surface area contributed by atoms with Crippen molar-refractivity contribution in [1.82, 2.24) is 0 Å². The van der Waals surface area contributed by atoms with E-state index in [0.29, 0.717) is 16.8 Å². The minimum Gasteiger partial charge on any atom is -0.326 e. The molecule has 2 amide bonds. The highest BCUT2D eigenvalue weighted by Crippen LogP contribution is 2.24. The average molecular weight is 367 g/mol. The molecule has 7 heteroatoms. The number of rotatable bonds is 5. The van der Waals surface area contributed by atoms with Crippen LogP contribution in [-0.2, 0) is 9.59 Å². The van der Waals surface area contributed by atoms with Crippen molar-refractivity contribution >= 4 is 34.8 Å². The van der Waals surface area contributed by atoms with E-state index in [4.69, 9.17) is 11.6 Å². The van der Waals surface area contributed by atoms with Crippen molar-refractivity contribution in [2.75, 3.05) is 16.8 Å². The number of benzene rings is 2. The van der Waals surface area contributed by atoms with Crippen molar-refractivity contribution in [3.8, 4) is 0 Å². The molecule has 0 spiro atoms. The van der Waals surface area contributed by atoms with E-state index >= 15 is 0 Å². The Morgan fingerprint density at radius 3 is 2.56 bits per heavy atom. The summed E-state index contributed by atoms with van der Waals surface area (Å²) in [6.45, 7) is 2.98. The van der Waals surface area contributed by atoms with E-state index in [1.54, 1.807) is 25.1 Å². The van der Waals surface area contributed by atoms with Gasteiger partial charge in [-0.15, -0.1) is 0 Å². The molecule has 0 radical (unpaired) electrons. The lowest BCUT2D eigenvalue weighted by Crippen LogP contribution is -2.32. The maximum atomic E-state index is 13.9. The molecule has 0 aromatic heterocycles. The van der Waals surface area contributed by atoms with Crippen LogP contribution in [-0.4, -0.2) is 18.4 Å². The SMILES string of the molecule is CC(=O)N(CCC(=O)Nc1cccc(Cl)c1C)c1ccc(F)cc1F. The van der Waals surface area contributed by atoms with Gasteiger partial charge < -0.3 is 10.2 Å². The second kappa shape index (κ2) is 8.07. The first-order valence-corrected chi connectivity index (χ1v) is 7.95. The number of hydrogen-bond donors (Lipinski definition) is 1. The number of nitrogens with zero attached hydrogens (tertiary/aromatic N) is 1. The molecule has 4 nitrogen and oxygen atoms in total.